The molecule has 3 aromatic rings. The highest BCUT2D eigenvalue weighted by Gasteiger charge is 2.22. The normalized spacial score (nSPS) is 12.6. The van der Waals surface area contributed by atoms with Crippen LogP contribution in [0, 0.1) is 5.21 Å². The Hall–Kier alpha value is -2.45. The van der Waals surface area contributed by atoms with Gasteiger partial charge in [0.05, 0.1) is 6.04 Å². The van der Waals surface area contributed by atoms with Crippen molar-refractivity contribution in [1.29, 1.82) is 0 Å². The van der Waals surface area contributed by atoms with E-state index >= 15 is 0 Å². The van der Waals surface area contributed by atoms with E-state index in [1.807, 2.05) is 30.5 Å². The number of carbonyl (C=O) groups excluding carboxylic acids is 1. The van der Waals surface area contributed by atoms with Gasteiger partial charge in [-0.25, -0.2) is 4.79 Å². The van der Waals surface area contributed by atoms with E-state index in [9.17, 15) is 10.0 Å². The van der Waals surface area contributed by atoms with Gasteiger partial charge in [0.25, 0.3) is 0 Å². The van der Waals surface area contributed by atoms with Gasteiger partial charge in [0.2, 0.25) is 6.20 Å². The molecule has 30 heavy (non-hydrogen) atoms. The number of fused-ring (bicyclic) bond motifs is 1. The van der Waals surface area contributed by atoms with Crippen molar-refractivity contribution in [1.82, 2.24) is 10.3 Å². The van der Waals surface area contributed by atoms with Crippen molar-refractivity contribution in [2.75, 3.05) is 6.61 Å². The van der Waals surface area contributed by atoms with E-state index in [-0.39, 0.29) is 11.8 Å². The predicted molar refractivity (Wildman–Crippen MR) is 119 cm³/mol. The number of amides is 1. The van der Waals surface area contributed by atoms with E-state index in [1.165, 1.54) is 6.20 Å². The number of hydrogen-bond donors (Lipinski definition) is 2. The summed E-state index contributed by atoms with van der Waals surface area (Å²) in [7, 11) is 0. The molecule has 2 N–H and O–H groups in total. The van der Waals surface area contributed by atoms with Crippen LogP contribution in [0.15, 0.2) is 47.2 Å². The molecular weight excluding hydrogens is 474 g/mol. The van der Waals surface area contributed by atoms with Gasteiger partial charge >= 0.3 is 11.2 Å². The number of alkyl carbamates (subject to hydrolysis) is 1. The number of aromatic nitrogens is 2. The molecule has 0 aliphatic heterocycles. The molecule has 1 atom stereocenters. The summed E-state index contributed by atoms with van der Waals surface area (Å²) in [6.07, 6.45) is 3.13. The number of nitrogens with one attached hydrogen (secondary N) is 2. The van der Waals surface area contributed by atoms with E-state index in [0.717, 1.165) is 16.5 Å². The third kappa shape index (κ3) is 5.79. The quantitative estimate of drug-likeness (QED) is 0.293. The summed E-state index contributed by atoms with van der Waals surface area (Å²) in [5.41, 5.74) is 1.43. The molecule has 1 aromatic carbocycles. The number of nitrogens with zero attached hydrogens (tertiary/aromatic N) is 1. The van der Waals surface area contributed by atoms with Crippen molar-refractivity contribution in [3.63, 3.8) is 0 Å². The molecule has 3 rings (SSSR count). The molecule has 0 spiro atoms. The van der Waals surface area contributed by atoms with Gasteiger partial charge in [-0.3, -0.25) is 0 Å². The second-order valence-corrected chi connectivity index (χ2v) is 9.07. The first kappa shape index (κ1) is 22.2. The van der Waals surface area contributed by atoms with Crippen molar-refractivity contribution in [2.24, 2.45) is 0 Å². The third-order valence-corrected chi connectivity index (χ3v) is 5.42. The van der Waals surface area contributed by atoms with Gasteiger partial charge in [-0.05, 0) is 66.4 Å². The third-order valence-electron chi connectivity index (χ3n) is 4.22. The number of pyridine rings is 1. The highest BCUT2D eigenvalue weighted by atomic mass is 79.9. The van der Waals surface area contributed by atoms with Crippen LogP contribution in [0.5, 0.6) is 5.75 Å². The van der Waals surface area contributed by atoms with Gasteiger partial charge in [-0.15, -0.1) is 0 Å². The Morgan fingerprint density at radius 2 is 2.10 bits per heavy atom. The molecule has 2 aromatic heterocycles. The van der Waals surface area contributed by atoms with Crippen LogP contribution >= 0.6 is 27.5 Å². The summed E-state index contributed by atoms with van der Waals surface area (Å²) in [5.74, 6) is 0.330. The zero-order valence-electron chi connectivity index (χ0n) is 16.9. The first-order valence-electron chi connectivity index (χ1n) is 9.38. The molecule has 9 heteroatoms. The van der Waals surface area contributed by atoms with Crippen LogP contribution in [-0.4, -0.2) is 29.3 Å². The Balaban J connectivity index is 1.77. The van der Waals surface area contributed by atoms with Crippen LogP contribution in [0.1, 0.15) is 26.3 Å². The smallest absolute Gasteiger partial charge is 0.408 e. The first-order valence-corrected chi connectivity index (χ1v) is 10.5. The monoisotopic (exact) mass is 495 g/mol. The van der Waals surface area contributed by atoms with E-state index in [2.05, 4.69) is 26.2 Å². The molecule has 0 bridgehead atoms. The Bertz CT molecular complexity index is 1030. The van der Waals surface area contributed by atoms with E-state index < -0.39 is 17.7 Å². The molecular formula is C21H23BrClN3O4. The molecule has 0 saturated carbocycles. The lowest BCUT2D eigenvalue weighted by Crippen LogP contribution is -2.43. The summed E-state index contributed by atoms with van der Waals surface area (Å²) in [6.45, 7) is 5.54. The number of ether oxygens (including phenoxy) is 2. The second-order valence-electron chi connectivity index (χ2n) is 7.86. The Kier molecular flexibility index (Phi) is 6.77. The topological polar surface area (TPSA) is 90.3 Å². The Morgan fingerprint density at radius 3 is 2.80 bits per heavy atom. The van der Waals surface area contributed by atoms with Crippen molar-refractivity contribution >= 4 is 44.5 Å². The molecule has 0 radical (unpaired) electrons. The summed E-state index contributed by atoms with van der Waals surface area (Å²) in [4.78, 5) is 15.6. The second kappa shape index (κ2) is 9.14. The molecule has 1 amide bonds. The maximum Gasteiger partial charge on any atom is 0.408 e. The number of rotatable bonds is 6. The fourth-order valence-corrected chi connectivity index (χ4v) is 3.47. The minimum atomic E-state index is -0.620. The lowest BCUT2D eigenvalue weighted by molar-refractivity contribution is -0.604. The Morgan fingerprint density at radius 1 is 1.37 bits per heavy atom. The van der Waals surface area contributed by atoms with Crippen molar-refractivity contribution in [3.05, 3.63) is 63.1 Å². The summed E-state index contributed by atoms with van der Waals surface area (Å²) in [6, 6.07) is 9.14. The molecule has 0 aliphatic carbocycles. The largest absolute Gasteiger partial charge is 0.618 e. The average molecular weight is 497 g/mol. The summed E-state index contributed by atoms with van der Waals surface area (Å²) >= 11 is 9.09. The molecule has 7 nitrogen and oxygen atoms in total. The minimum absolute atomic E-state index is 0.0181. The fraction of sp³-hybridized carbons (Fsp3) is 0.333. The number of para-hydroxylation sites is 1. The van der Waals surface area contributed by atoms with Gasteiger partial charge in [0.15, 0.2) is 5.75 Å². The zero-order valence-corrected chi connectivity index (χ0v) is 19.2. The highest BCUT2D eigenvalue weighted by Crippen LogP contribution is 2.24. The van der Waals surface area contributed by atoms with E-state index in [0.29, 0.717) is 21.4 Å². The number of hydrogen-bond acceptors (Lipinski definition) is 4. The van der Waals surface area contributed by atoms with Gasteiger partial charge in [-0.2, -0.15) is 4.73 Å². The molecule has 0 unspecified atom stereocenters. The van der Waals surface area contributed by atoms with Gasteiger partial charge in [0.1, 0.15) is 16.7 Å². The number of halogens is 2. The van der Waals surface area contributed by atoms with Crippen LogP contribution in [0.2, 0.25) is 5.15 Å². The summed E-state index contributed by atoms with van der Waals surface area (Å²) in [5, 5.41) is 15.8. The van der Waals surface area contributed by atoms with E-state index in [1.54, 1.807) is 26.8 Å². The van der Waals surface area contributed by atoms with Crippen LogP contribution in [0.3, 0.4) is 0 Å². The molecule has 0 fully saturated rings. The fourth-order valence-electron chi connectivity index (χ4n) is 2.97. The van der Waals surface area contributed by atoms with Gasteiger partial charge < -0.3 is 25.0 Å². The lowest BCUT2D eigenvalue weighted by Gasteiger charge is -2.23. The average Bonchev–Trinajstić information content (AvgIpc) is 3.05. The highest BCUT2D eigenvalue weighted by molar-refractivity contribution is 9.10. The minimum Gasteiger partial charge on any atom is -0.618 e. The van der Waals surface area contributed by atoms with Crippen LogP contribution in [0.4, 0.5) is 4.79 Å². The number of aromatic amines is 1. The van der Waals surface area contributed by atoms with Crippen molar-refractivity contribution in [2.45, 2.75) is 38.8 Å². The number of benzene rings is 1. The van der Waals surface area contributed by atoms with E-state index in [4.69, 9.17) is 21.1 Å². The summed E-state index contributed by atoms with van der Waals surface area (Å²) < 4.78 is 12.1. The van der Waals surface area contributed by atoms with Crippen molar-refractivity contribution in [3.8, 4) is 5.75 Å². The molecule has 160 valence electrons. The molecule has 0 saturated heterocycles. The van der Waals surface area contributed by atoms with Gasteiger partial charge in [0, 0.05) is 23.2 Å². The van der Waals surface area contributed by atoms with Crippen molar-refractivity contribution < 1.29 is 19.0 Å². The molecule has 0 aliphatic rings. The van der Waals surface area contributed by atoms with Gasteiger partial charge in [-0.1, -0.05) is 18.2 Å². The maximum absolute atomic E-state index is 12.3. The standard InChI is InChI=1S/C21H23BrClN3O4/c1-21(2,3)30-20(27)25-14(8-13-10-24-18-7-5-4-6-16(13)18)12-29-15-9-17(22)19(23)26(28)11-15/h4-7,9-11,14,24H,8,12H2,1-3H3,(H,25,27)/t14-/m0/s1. The predicted octanol–water partition coefficient (Wildman–Crippen LogP) is 4.73. The zero-order chi connectivity index (χ0) is 21.9. The first-order chi connectivity index (χ1) is 14.1. The lowest BCUT2D eigenvalue weighted by atomic mass is 10.1. The number of carbonyl (C=O) groups is 1. The SMILES string of the molecule is CC(C)(C)OC(=O)N[C@H](COc1cc(Br)c(Cl)[n+]([O-])c1)Cc1c[nH]c2ccccc12. The molecule has 2 heterocycles. The van der Waals surface area contributed by atoms with Crippen LogP contribution < -0.4 is 14.8 Å². The number of H-pyrrole nitrogens is 1. The Labute approximate surface area is 188 Å². The maximum atomic E-state index is 12.3. The van der Waals surface area contributed by atoms with Crippen LogP contribution in [-0.2, 0) is 11.2 Å². The van der Waals surface area contributed by atoms with Crippen LogP contribution in [0.25, 0.3) is 10.9 Å².